The van der Waals surface area contributed by atoms with Crippen LogP contribution in [0.15, 0.2) is 0 Å². The molecule has 18 heavy (non-hydrogen) atoms. The number of carbonyl (C=O) groups is 1. The van der Waals surface area contributed by atoms with Gasteiger partial charge in [0.05, 0.1) is 11.9 Å². The second kappa shape index (κ2) is 7.36. The van der Waals surface area contributed by atoms with Gasteiger partial charge in [-0.25, -0.2) is 0 Å². The van der Waals surface area contributed by atoms with Gasteiger partial charge < -0.3 is 15.0 Å². The number of nitrogens with one attached hydrogen (secondary N) is 1. The molecule has 1 N–H and O–H groups in total. The summed E-state index contributed by atoms with van der Waals surface area (Å²) in [7, 11) is 1.74. The minimum Gasteiger partial charge on any atom is -0.380 e. The number of ether oxygens (including phenoxy) is 1. The van der Waals surface area contributed by atoms with Crippen molar-refractivity contribution in [3.05, 3.63) is 0 Å². The summed E-state index contributed by atoms with van der Waals surface area (Å²) in [6.07, 6.45) is 4.79. The number of methoxy groups -OCH3 is 1. The van der Waals surface area contributed by atoms with Crippen LogP contribution in [0.3, 0.4) is 0 Å². The lowest BCUT2D eigenvalue weighted by Crippen LogP contribution is -2.44. The van der Waals surface area contributed by atoms with Gasteiger partial charge in [0.1, 0.15) is 0 Å². The molecule has 1 unspecified atom stereocenters. The van der Waals surface area contributed by atoms with Crippen LogP contribution in [0.4, 0.5) is 0 Å². The van der Waals surface area contributed by atoms with Crippen molar-refractivity contribution >= 4 is 17.7 Å². The van der Waals surface area contributed by atoms with E-state index in [1.807, 2.05) is 16.7 Å². The average molecular weight is 272 g/mol. The largest absolute Gasteiger partial charge is 0.380 e. The summed E-state index contributed by atoms with van der Waals surface area (Å²) in [5.74, 6) is 0.932. The molecule has 0 aromatic carbocycles. The maximum atomic E-state index is 12.1. The van der Waals surface area contributed by atoms with E-state index in [9.17, 15) is 4.79 Å². The predicted octanol–water partition coefficient (Wildman–Crippen LogP) is 1.11. The zero-order chi connectivity index (χ0) is 12.8. The molecular weight excluding hydrogens is 248 g/mol. The third-order valence-corrected chi connectivity index (χ3v) is 5.15. The average Bonchev–Trinajstić information content (AvgIpc) is 2.46. The van der Waals surface area contributed by atoms with Gasteiger partial charge in [0.2, 0.25) is 5.91 Å². The number of carbonyl (C=O) groups excluding carboxylic acids is 1. The number of thioether (sulfide) groups is 1. The molecule has 2 aliphatic heterocycles. The molecule has 0 spiro atoms. The van der Waals surface area contributed by atoms with Crippen LogP contribution in [0, 0.1) is 0 Å². The van der Waals surface area contributed by atoms with Crippen LogP contribution in [-0.2, 0) is 9.53 Å². The molecule has 2 aliphatic rings. The van der Waals surface area contributed by atoms with Crippen molar-refractivity contribution in [3.63, 3.8) is 0 Å². The van der Waals surface area contributed by atoms with Gasteiger partial charge in [0.25, 0.3) is 0 Å². The number of nitrogens with zero attached hydrogens (tertiary/aromatic N) is 1. The summed E-state index contributed by atoms with van der Waals surface area (Å²) in [5.41, 5.74) is 0. The summed E-state index contributed by atoms with van der Waals surface area (Å²) in [5, 5.41) is 4.02. The van der Waals surface area contributed by atoms with Crippen molar-refractivity contribution < 1.29 is 9.53 Å². The third kappa shape index (κ3) is 4.14. The molecule has 0 radical (unpaired) electrons. The molecular formula is C13H24N2O2S. The maximum absolute atomic E-state index is 12.1. The highest BCUT2D eigenvalue weighted by Crippen LogP contribution is 2.21. The summed E-state index contributed by atoms with van der Waals surface area (Å²) in [4.78, 5) is 14.1. The Kier molecular flexibility index (Phi) is 5.79. The fourth-order valence-electron chi connectivity index (χ4n) is 2.60. The van der Waals surface area contributed by atoms with E-state index in [4.69, 9.17) is 4.74 Å². The maximum Gasteiger partial charge on any atom is 0.232 e. The molecule has 2 fully saturated rings. The van der Waals surface area contributed by atoms with Crippen molar-refractivity contribution in [1.29, 1.82) is 0 Å². The highest BCUT2D eigenvalue weighted by molar-refractivity contribution is 8.00. The molecule has 0 bridgehead atoms. The lowest BCUT2D eigenvalue weighted by Gasteiger charge is -2.32. The monoisotopic (exact) mass is 272 g/mol. The first-order valence-electron chi connectivity index (χ1n) is 6.92. The SMILES string of the molecule is COC1CCCN(C(=O)CSC2CCNCC2)C1. The number of piperidine rings is 2. The fraction of sp³-hybridized carbons (Fsp3) is 0.923. The lowest BCUT2D eigenvalue weighted by atomic mass is 10.1. The fourth-order valence-corrected chi connectivity index (χ4v) is 3.73. The quantitative estimate of drug-likeness (QED) is 0.832. The highest BCUT2D eigenvalue weighted by Gasteiger charge is 2.24. The van der Waals surface area contributed by atoms with E-state index in [0.717, 1.165) is 39.0 Å². The van der Waals surface area contributed by atoms with E-state index in [0.29, 0.717) is 16.9 Å². The zero-order valence-corrected chi connectivity index (χ0v) is 12.0. The van der Waals surface area contributed by atoms with Crippen LogP contribution in [0.2, 0.25) is 0 Å². The molecule has 0 aromatic rings. The first-order valence-corrected chi connectivity index (χ1v) is 7.97. The normalized spacial score (nSPS) is 26.3. The molecule has 2 heterocycles. The Balaban J connectivity index is 1.70. The second-order valence-corrected chi connectivity index (χ2v) is 6.39. The van der Waals surface area contributed by atoms with E-state index in [1.54, 1.807) is 7.11 Å². The van der Waals surface area contributed by atoms with Crippen LogP contribution in [0.5, 0.6) is 0 Å². The van der Waals surface area contributed by atoms with E-state index >= 15 is 0 Å². The molecule has 0 saturated carbocycles. The van der Waals surface area contributed by atoms with E-state index in [1.165, 1.54) is 12.8 Å². The topological polar surface area (TPSA) is 41.6 Å². The standard InChI is InChI=1S/C13H24N2O2S/c1-17-11-3-2-8-15(9-11)13(16)10-18-12-4-6-14-7-5-12/h11-12,14H,2-10H2,1H3. The van der Waals surface area contributed by atoms with Crippen molar-refractivity contribution in [3.8, 4) is 0 Å². The highest BCUT2D eigenvalue weighted by atomic mass is 32.2. The molecule has 104 valence electrons. The van der Waals surface area contributed by atoms with E-state index in [2.05, 4.69) is 5.32 Å². The minimum atomic E-state index is 0.242. The number of amides is 1. The van der Waals surface area contributed by atoms with Crippen molar-refractivity contribution in [1.82, 2.24) is 10.2 Å². The number of hydrogen-bond donors (Lipinski definition) is 1. The van der Waals surface area contributed by atoms with Crippen molar-refractivity contribution in [2.24, 2.45) is 0 Å². The van der Waals surface area contributed by atoms with E-state index in [-0.39, 0.29) is 6.10 Å². The van der Waals surface area contributed by atoms with Gasteiger partial charge in [-0.2, -0.15) is 0 Å². The molecule has 4 nitrogen and oxygen atoms in total. The van der Waals surface area contributed by atoms with Crippen LogP contribution < -0.4 is 5.32 Å². The number of likely N-dealkylation sites (tertiary alicyclic amines) is 1. The van der Waals surface area contributed by atoms with Crippen LogP contribution in [0.1, 0.15) is 25.7 Å². The van der Waals surface area contributed by atoms with Crippen LogP contribution in [-0.4, -0.2) is 61.2 Å². The first-order chi connectivity index (χ1) is 8.79. The van der Waals surface area contributed by atoms with Gasteiger partial charge in [-0.15, -0.1) is 11.8 Å². The van der Waals surface area contributed by atoms with Gasteiger partial charge in [-0.3, -0.25) is 4.79 Å². The van der Waals surface area contributed by atoms with Crippen LogP contribution in [0.25, 0.3) is 0 Å². The Labute approximate surface area is 114 Å². The lowest BCUT2D eigenvalue weighted by molar-refractivity contribution is -0.131. The smallest absolute Gasteiger partial charge is 0.232 e. The number of hydrogen-bond acceptors (Lipinski definition) is 4. The second-order valence-electron chi connectivity index (χ2n) is 5.10. The number of rotatable bonds is 4. The Bertz CT molecular complexity index is 270. The van der Waals surface area contributed by atoms with Crippen molar-refractivity contribution in [2.45, 2.75) is 37.0 Å². The Morgan fingerprint density at radius 3 is 2.89 bits per heavy atom. The molecule has 0 aromatic heterocycles. The van der Waals surface area contributed by atoms with Crippen LogP contribution >= 0.6 is 11.8 Å². The van der Waals surface area contributed by atoms with Gasteiger partial charge >= 0.3 is 0 Å². The van der Waals surface area contributed by atoms with E-state index < -0.39 is 0 Å². The van der Waals surface area contributed by atoms with Gasteiger partial charge in [-0.1, -0.05) is 0 Å². The molecule has 5 heteroatoms. The summed E-state index contributed by atoms with van der Waals surface area (Å²) < 4.78 is 5.36. The minimum absolute atomic E-state index is 0.242. The zero-order valence-electron chi connectivity index (χ0n) is 11.2. The third-order valence-electron chi connectivity index (χ3n) is 3.79. The molecule has 0 aliphatic carbocycles. The van der Waals surface area contributed by atoms with Gasteiger partial charge in [-0.05, 0) is 38.8 Å². The molecule has 1 atom stereocenters. The molecule has 2 saturated heterocycles. The predicted molar refractivity (Wildman–Crippen MR) is 75.0 cm³/mol. The summed E-state index contributed by atoms with van der Waals surface area (Å²) >= 11 is 1.84. The Morgan fingerprint density at radius 2 is 2.17 bits per heavy atom. The Hall–Kier alpha value is -0.260. The summed E-state index contributed by atoms with van der Waals surface area (Å²) in [6.45, 7) is 3.89. The first kappa shape index (κ1) is 14.2. The Morgan fingerprint density at radius 1 is 1.39 bits per heavy atom. The summed E-state index contributed by atoms with van der Waals surface area (Å²) in [6, 6.07) is 0. The molecule has 2 rings (SSSR count). The van der Waals surface area contributed by atoms with Gasteiger partial charge in [0.15, 0.2) is 0 Å². The van der Waals surface area contributed by atoms with Crippen molar-refractivity contribution in [2.75, 3.05) is 39.0 Å². The van der Waals surface area contributed by atoms with Gasteiger partial charge in [0, 0.05) is 25.4 Å². The molecule has 1 amide bonds.